The Hall–Kier alpha value is -3.02. The molecule has 0 amide bonds. The van der Waals surface area contributed by atoms with Crippen molar-refractivity contribution in [3.63, 3.8) is 0 Å². The monoisotopic (exact) mass is 447 g/mol. The number of hydrogen-bond donors (Lipinski definition) is 2. The van der Waals surface area contributed by atoms with Crippen molar-refractivity contribution in [3.05, 3.63) is 48.0 Å². The van der Waals surface area contributed by atoms with Crippen LogP contribution in [0.1, 0.15) is 63.9 Å². The number of benzene rings is 2. The molecule has 0 aliphatic heterocycles. The Morgan fingerprint density at radius 3 is 2.67 bits per heavy atom. The van der Waals surface area contributed by atoms with E-state index in [4.69, 9.17) is 4.42 Å². The van der Waals surface area contributed by atoms with E-state index in [1.54, 1.807) is 0 Å². The highest BCUT2D eigenvalue weighted by molar-refractivity contribution is 5.80. The van der Waals surface area contributed by atoms with Crippen LogP contribution in [0.3, 0.4) is 0 Å². The van der Waals surface area contributed by atoms with E-state index >= 15 is 0 Å². The number of aromatic nitrogens is 1. The molecular weight excluding hydrogens is 414 g/mol. The first-order valence-corrected chi connectivity index (χ1v) is 12.3. The van der Waals surface area contributed by atoms with Crippen molar-refractivity contribution in [2.24, 2.45) is 11.8 Å². The lowest BCUT2D eigenvalue weighted by atomic mass is 9.92. The smallest absolute Gasteiger partial charge is 0.307 e. The van der Waals surface area contributed by atoms with Gasteiger partial charge in [-0.15, -0.1) is 0 Å². The highest BCUT2D eigenvalue weighted by atomic mass is 16.4. The van der Waals surface area contributed by atoms with E-state index in [1.165, 1.54) is 32.1 Å². The molecule has 3 aromatic rings. The molecule has 2 atom stereocenters. The molecule has 6 nitrogen and oxygen atoms in total. The fraction of sp³-hybridized carbons (Fsp3) is 0.481. The predicted molar refractivity (Wildman–Crippen MR) is 131 cm³/mol. The van der Waals surface area contributed by atoms with Crippen LogP contribution in [0.2, 0.25) is 0 Å². The zero-order chi connectivity index (χ0) is 22.9. The van der Waals surface area contributed by atoms with Gasteiger partial charge in [-0.1, -0.05) is 51.3 Å². The van der Waals surface area contributed by atoms with Crippen molar-refractivity contribution in [2.45, 2.75) is 64.3 Å². The van der Waals surface area contributed by atoms with Crippen molar-refractivity contribution in [1.82, 2.24) is 4.98 Å². The summed E-state index contributed by atoms with van der Waals surface area (Å²) in [4.78, 5) is 18.7. The third kappa shape index (κ3) is 4.70. The Morgan fingerprint density at radius 2 is 1.97 bits per heavy atom. The Balaban J connectivity index is 1.52. The largest absolute Gasteiger partial charge is 0.481 e. The number of nitrogens with one attached hydrogen (secondary N) is 1. The summed E-state index contributed by atoms with van der Waals surface area (Å²) in [7, 11) is 0. The number of nitrogens with zero attached hydrogens (tertiary/aromatic N) is 2. The third-order valence-corrected chi connectivity index (χ3v) is 6.98. The van der Waals surface area contributed by atoms with Crippen molar-refractivity contribution < 1.29 is 14.3 Å². The number of aliphatic carboxylic acids is 1. The summed E-state index contributed by atoms with van der Waals surface area (Å²) < 4.78 is 5.97. The number of para-hydroxylation sites is 2. The molecule has 5 rings (SSSR count). The van der Waals surface area contributed by atoms with Gasteiger partial charge in [-0.3, -0.25) is 4.79 Å². The Morgan fingerprint density at radius 1 is 1.18 bits per heavy atom. The number of carboxylic acids is 1. The van der Waals surface area contributed by atoms with Gasteiger partial charge in [0.25, 0.3) is 6.01 Å². The molecule has 1 aromatic heterocycles. The average molecular weight is 448 g/mol. The first-order valence-electron chi connectivity index (χ1n) is 12.3. The molecule has 2 aliphatic rings. The van der Waals surface area contributed by atoms with E-state index in [-0.39, 0.29) is 11.8 Å². The summed E-state index contributed by atoms with van der Waals surface area (Å²) in [6.07, 6.45) is 6.98. The lowest BCUT2D eigenvalue weighted by Crippen LogP contribution is -2.39. The van der Waals surface area contributed by atoms with Gasteiger partial charge >= 0.3 is 5.97 Å². The average Bonchev–Trinajstić information content (AvgIpc) is 3.51. The van der Waals surface area contributed by atoms with Crippen molar-refractivity contribution in [2.75, 3.05) is 16.8 Å². The van der Waals surface area contributed by atoms with E-state index in [9.17, 15) is 9.90 Å². The van der Waals surface area contributed by atoms with E-state index in [0.717, 1.165) is 34.6 Å². The second kappa shape index (κ2) is 9.08. The second-order valence-electron chi connectivity index (χ2n) is 10.0. The maximum Gasteiger partial charge on any atom is 0.307 e. The number of rotatable bonds is 8. The minimum atomic E-state index is -0.707. The van der Waals surface area contributed by atoms with E-state index in [0.29, 0.717) is 24.4 Å². The van der Waals surface area contributed by atoms with Gasteiger partial charge in [-0.2, -0.15) is 4.98 Å². The molecule has 0 radical (unpaired) electrons. The minimum absolute atomic E-state index is 0.0777. The first-order chi connectivity index (χ1) is 16.0. The molecular formula is C27H33N3O3. The predicted octanol–water partition coefficient (Wildman–Crippen LogP) is 6.55. The highest BCUT2D eigenvalue weighted by Crippen LogP contribution is 2.49. The second-order valence-corrected chi connectivity index (χ2v) is 10.0. The molecule has 0 bridgehead atoms. The number of hydrogen-bond acceptors (Lipinski definition) is 5. The molecule has 33 heavy (non-hydrogen) atoms. The maximum absolute atomic E-state index is 11.5. The van der Waals surface area contributed by atoms with Crippen LogP contribution in [0.15, 0.2) is 46.9 Å². The number of carboxylic acid groups (broad SMARTS) is 1. The van der Waals surface area contributed by atoms with E-state index < -0.39 is 5.97 Å². The summed E-state index contributed by atoms with van der Waals surface area (Å²) in [5.41, 5.74) is 4.72. The fourth-order valence-electron chi connectivity index (χ4n) is 5.24. The van der Waals surface area contributed by atoms with Crippen LogP contribution in [0.4, 0.5) is 17.4 Å². The molecule has 6 heteroatoms. The number of carbonyl (C=O) groups is 1. The molecule has 2 saturated carbocycles. The normalized spacial score (nSPS) is 20.8. The van der Waals surface area contributed by atoms with Gasteiger partial charge in [0.05, 0.1) is 17.3 Å². The fourth-order valence-corrected chi connectivity index (χ4v) is 5.24. The number of oxazole rings is 1. The Labute approximate surface area is 195 Å². The summed E-state index contributed by atoms with van der Waals surface area (Å²) in [6, 6.07) is 15.1. The molecule has 174 valence electrons. The zero-order valence-corrected chi connectivity index (χ0v) is 19.5. The topological polar surface area (TPSA) is 78.6 Å². The number of anilines is 3. The molecule has 0 unspecified atom stereocenters. The Kier molecular flexibility index (Phi) is 6.00. The van der Waals surface area contributed by atoms with Crippen LogP contribution >= 0.6 is 0 Å². The quantitative estimate of drug-likeness (QED) is 0.407. The number of fused-ring (bicyclic) bond motifs is 1. The van der Waals surface area contributed by atoms with Crippen LogP contribution in [0.25, 0.3) is 11.1 Å². The van der Waals surface area contributed by atoms with Crippen LogP contribution in [0.5, 0.6) is 0 Å². The van der Waals surface area contributed by atoms with Crippen LogP contribution < -0.4 is 10.2 Å². The van der Waals surface area contributed by atoms with Crippen LogP contribution in [-0.4, -0.2) is 28.6 Å². The summed E-state index contributed by atoms with van der Waals surface area (Å²) in [5, 5.41) is 12.9. The standard InChI is InChI=1S/C27H33N3O3/c1-17(2)16-30(19-8-4-3-5-9-19)24-13-12-18(20-15-21(20)26(31)32)14-23(24)29-27-28-22-10-6-7-11-25(22)33-27/h6-7,10-14,17,19-21H,3-5,8-9,15-16H2,1-2H3,(H,28,29)(H,31,32)/t20-,21-/m1/s1. The van der Waals surface area contributed by atoms with Gasteiger partial charge in [0.15, 0.2) is 5.58 Å². The molecule has 2 aliphatic carbocycles. The zero-order valence-electron chi connectivity index (χ0n) is 19.5. The van der Waals surface area contributed by atoms with Crippen molar-refractivity contribution in [1.29, 1.82) is 0 Å². The molecule has 2 N–H and O–H groups in total. The van der Waals surface area contributed by atoms with Crippen molar-refractivity contribution >= 4 is 34.5 Å². The molecule has 0 saturated heterocycles. The van der Waals surface area contributed by atoms with Gasteiger partial charge < -0.3 is 19.7 Å². The minimum Gasteiger partial charge on any atom is -0.481 e. The van der Waals surface area contributed by atoms with Crippen molar-refractivity contribution in [3.8, 4) is 0 Å². The lowest BCUT2D eigenvalue weighted by Gasteiger charge is -2.38. The molecule has 2 fully saturated rings. The summed E-state index contributed by atoms with van der Waals surface area (Å²) in [5.74, 6) is -0.378. The first kappa shape index (κ1) is 21.8. The van der Waals surface area contributed by atoms with Gasteiger partial charge in [-0.25, -0.2) is 0 Å². The van der Waals surface area contributed by atoms with E-state index in [1.807, 2.05) is 24.3 Å². The van der Waals surface area contributed by atoms with Gasteiger partial charge in [-0.05, 0) is 60.9 Å². The third-order valence-electron chi connectivity index (χ3n) is 6.98. The highest BCUT2D eigenvalue weighted by Gasteiger charge is 2.44. The van der Waals surface area contributed by atoms with Crippen LogP contribution in [-0.2, 0) is 4.79 Å². The molecule has 1 heterocycles. The summed E-state index contributed by atoms with van der Waals surface area (Å²) >= 11 is 0. The van der Waals surface area contributed by atoms with Crippen LogP contribution in [0, 0.1) is 11.8 Å². The van der Waals surface area contributed by atoms with E-state index in [2.05, 4.69) is 47.2 Å². The molecule has 2 aromatic carbocycles. The van der Waals surface area contributed by atoms with Gasteiger partial charge in [0, 0.05) is 12.6 Å². The lowest BCUT2D eigenvalue weighted by molar-refractivity contribution is -0.138. The SMILES string of the molecule is CC(C)CN(c1ccc([C@H]2C[C@H]2C(=O)O)cc1Nc1nc2ccccc2o1)C1CCCCC1. The summed E-state index contributed by atoms with van der Waals surface area (Å²) in [6.45, 7) is 5.51. The van der Waals surface area contributed by atoms with Gasteiger partial charge in [0.1, 0.15) is 5.52 Å². The molecule has 0 spiro atoms. The van der Waals surface area contributed by atoms with Gasteiger partial charge in [0.2, 0.25) is 0 Å². The maximum atomic E-state index is 11.5. The Bertz CT molecular complexity index is 1100.